The van der Waals surface area contributed by atoms with E-state index in [0.717, 1.165) is 17.7 Å². The molecule has 0 fully saturated rings. The molecular formula is C19H20N2O3. The number of carbonyl (C=O) groups is 1. The Morgan fingerprint density at radius 3 is 2.42 bits per heavy atom. The molecule has 1 heterocycles. The third-order valence-electron chi connectivity index (χ3n) is 4.55. The lowest BCUT2D eigenvalue weighted by molar-refractivity contribution is -0.384. The molecule has 5 heteroatoms. The van der Waals surface area contributed by atoms with Crippen LogP contribution in [0.25, 0.3) is 0 Å². The van der Waals surface area contributed by atoms with Gasteiger partial charge in [-0.15, -0.1) is 0 Å². The number of rotatable bonds is 4. The minimum Gasteiger partial charge on any atom is -0.311 e. The molecule has 1 atom stereocenters. The first-order valence-electron chi connectivity index (χ1n) is 8.12. The largest absolute Gasteiger partial charge is 0.311 e. The molecule has 124 valence electrons. The van der Waals surface area contributed by atoms with Gasteiger partial charge in [-0.1, -0.05) is 44.2 Å². The van der Waals surface area contributed by atoms with Crippen molar-refractivity contribution in [1.82, 2.24) is 0 Å². The summed E-state index contributed by atoms with van der Waals surface area (Å²) in [7, 11) is 0. The van der Waals surface area contributed by atoms with E-state index in [-0.39, 0.29) is 23.4 Å². The zero-order valence-corrected chi connectivity index (χ0v) is 13.8. The fourth-order valence-corrected chi connectivity index (χ4v) is 3.35. The number of hydrogen-bond acceptors (Lipinski definition) is 3. The first-order valence-corrected chi connectivity index (χ1v) is 8.12. The Kier molecular flexibility index (Phi) is 4.34. The fraction of sp³-hybridized carbons (Fsp3) is 0.316. The summed E-state index contributed by atoms with van der Waals surface area (Å²) < 4.78 is 0. The predicted octanol–water partition coefficient (Wildman–Crippen LogP) is 3.92. The summed E-state index contributed by atoms with van der Waals surface area (Å²) in [5.41, 5.74) is 3.04. The molecule has 0 saturated heterocycles. The molecule has 0 saturated carbocycles. The molecule has 2 aromatic rings. The van der Waals surface area contributed by atoms with Gasteiger partial charge >= 0.3 is 0 Å². The molecule has 0 radical (unpaired) electrons. The molecule has 3 rings (SSSR count). The van der Waals surface area contributed by atoms with Gasteiger partial charge in [-0.3, -0.25) is 14.9 Å². The number of nitrogens with zero attached hydrogens (tertiary/aromatic N) is 2. The Morgan fingerprint density at radius 2 is 1.79 bits per heavy atom. The Bertz CT molecular complexity index is 768. The summed E-state index contributed by atoms with van der Waals surface area (Å²) >= 11 is 0. The van der Waals surface area contributed by atoms with Crippen molar-refractivity contribution in [3.8, 4) is 0 Å². The standard InChI is InChI=1S/C19H20N2O3/c1-13(2)18(15-7-9-16(10-8-15)21(23)24)19(22)20-12-11-14-5-3-4-6-17(14)20/h3-10,13,18H,11-12H2,1-2H3. The number of fused-ring (bicyclic) bond motifs is 1. The summed E-state index contributed by atoms with van der Waals surface area (Å²) in [6.45, 7) is 4.70. The van der Waals surface area contributed by atoms with Crippen LogP contribution in [0.5, 0.6) is 0 Å². The van der Waals surface area contributed by atoms with Gasteiger partial charge < -0.3 is 4.90 Å². The summed E-state index contributed by atoms with van der Waals surface area (Å²) in [5.74, 6) is -0.146. The fourth-order valence-electron chi connectivity index (χ4n) is 3.35. The lowest BCUT2D eigenvalue weighted by Gasteiger charge is -2.27. The maximum atomic E-state index is 13.2. The van der Waals surface area contributed by atoms with Crippen LogP contribution in [0.2, 0.25) is 0 Å². The first-order chi connectivity index (χ1) is 11.5. The van der Waals surface area contributed by atoms with Crippen LogP contribution in [-0.4, -0.2) is 17.4 Å². The second kappa shape index (κ2) is 6.43. The molecular weight excluding hydrogens is 304 g/mol. The number of benzene rings is 2. The Labute approximate surface area is 141 Å². The lowest BCUT2D eigenvalue weighted by atomic mass is 9.87. The number of hydrogen-bond donors (Lipinski definition) is 0. The highest BCUT2D eigenvalue weighted by Gasteiger charge is 2.32. The monoisotopic (exact) mass is 324 g/mol. The van der Waals surface area contributed by atoms with Crippen molar-refractivity contribution in [2.45, 2.75) is 26.2 Å². The van der Waals surface area contributed by atoms with Crippen LogP contribution < -0.4 is 4.90 Å². The summed E-state index contributed by atoms with van der Waals surface area (Å²) in [5, 5.41) is 10.8. The van der Waals surface area contributed by atoms with Gasteiger partial charge in [0.15, 0.2) is 0 Å². The van der Waals surface area contributed by atoms with Gasteiger partial charge in [0, 0.05) is 24.4 Å². The number of anilines is 1. The van der Waals surface area contributed by atoms with Crippen LogP contribution in [0.3, 0.4) is 0 Å². The highest BCUT2D eigenvalue weighted by molar-refractivity contribution is 6.00. The Hall–Kier alpha value is -2.69. The van der Waals surface area contributed by atoms with Crippen LogP contribution in [-0.2, 0) is 11.2 Å². The smallest absolute Gasteiger partial charge is 0.269 e. The number of nitro groups is 1. The maximum Gasteiger partial charge on any atom is 0.269 e. The van der Waals surface area contributed by atoms with Crippen molar-refractivity contribution in [3.05, 3.63) is 69.8 Å². The molecule has 1 aliphatic heterocycles. The van der Waals surface area contributed by atoms with E-state index in [4.69, 9.17) is 0 Å². The topological polar surface area (TPSA) is 63.5 Å². The van der Waals surface area contributed by atoms with Crippen LogP contribution in [0.1, 0.15) is 30.9 Å². The molecule has 1 unspecified atom stereocenters. The summed E-state index contributed by atoms with van der Waals surface area (Å²) in [4.78, 5) is 25.4. The van der Waals surface area contributed by atoms with Gasteiger partial charge in [-0.25, -0.2) is 0 Å². The SMILES string of the molecule is CC(C)C(C(=O)N1CCc2ccccc21)c1ccc([N+](=O)[O-])cc1. The number of nitro benzene ring substituents is 1. The Balaban J connectivity index is 1.91. The van der Waals surface area contributed by atoms with Gasteiger partial charge in [0.05, 0.1) is 10.8 Å². The second-order valence-electron chi connectivity index (χ2n) is 6.44. The van der Waals surface area contributed by atoms with E-state index in [9.17, 15) is 14.9 Å². The number of amides is 1. The van der Waals surface area contributed by atoms with Gasteiger partial charge in [0.25, 0.3) is 5.69 Å². The molecule has 24 heavy (non-hydrogen) atoms. The van der Waals surface area contributed by atoms with Crippen molar-refractivity contribution in [2.75, 3.05) is 11.4 Å². The van der Waals surface area contributed by atoms with Crippen molar-refractivity contribution in [3.63, 3.8) is 0 Å². The molecule has 1 amide bonds. The van der Waals surface area contributed by atoms with Crippen LogP contribution in [0, 0.1) is 16.0 Å². The van der Waals surface area contributed by atoms with Gasteiger partial charge in [0.2, 0.25) is 5.91 Å². The van der Waals surface area contributed by atoms with Crippen molar-refractivity contribution in [2.24, 2.45) is 5.92 Å². The first kappa shape index (κ1) is 16.2. The van der Waals surface area contributed by atoms with E-state index in [1.54, 1.807) is 12.1 Å². The Morgan fingerprint density at radius 1 is 1.12 bits per heavy atom. The molecule has 5 nitrogen and oxygen atoms in total. The molecule has 0 spiro atoms. The number of non-ortho nitro benzene ring substituents is 1. The third kappa shape index (κ3) is 2.89. The van der Waals surface area contributed by atoms with E-state index in [0.29, 0.717) is 6.54 Å². The van der Waals surface area contributed by atoms with E-state index in [1.807, 2.05) is 36.9 Å². The molecule has 0 bridgehead atoms. The number of para-hydroxylation sites is 1. The van der Waals surface area contributed by atoms with Crippen molar-refractivity contribution in [1.29, 1.82) is 0 Å². The maximum absolute atomic E-state index is 13.2. The minimum absolute atomic E-state index is 0.0419. The molecule has 2 aromatic carbocycles. The average Bonchev–Trinajstić information content (AvgIpc) is 2.99. The minimum atomic E-state index is -0.424. The van der Waals surface area contributed by atoms with E-state index >= 15 is 0 Å². The zero-order valence-electron chi connectivity index (χ0n) is 13.8. The quantitative estimate of drug-likeness (QED) is 0.632. The van der Waals surface area contributed by atoms with E-state index in [1.165, 1.54) is 17.7 Å². The second-order valence-corrected chi connectivity index (χ2v) is 6.44. The summed E-state index contributed by atoms with van der Waals surface area (Å²) in [6.07, 6.45) is 0.868. The van der Waals surface area contributed by atoms with Crippen LogP contribution >= 0.6 is 0 Å². The van der Waals surface area contributed by atoms with E-state index < -0.39 is 4.92 Å². The molecule has 1 aliphatic rings. The zero-order chi connectivity index (χ0) is 17.3. The van der Waals surface area contributed by atoms with Gasteiger partial charge in [-0.05, 0) is 29.5 Å². The average molecular weight is 324 g/mol. The molecule has 0 N–H and O–H groups in total. The van der Waals surface area contributed by atoms with Gasteiger partial charge in [0.1, 0.15) is 0 Å². The highest BCUT2D eigenvalue weighted by atomic mass is 16.6. The molecule has 0 aliphatic carbocycles. The van der Waals surface area contributed by atoms with Crippen LogP contribution in [0.15, 0.2) is 48.5 Å². The van der Waals surface area contributed by atoms with Crippen molar-refractivity contribution < 1.29 is 9.72 Å². The highest BCUT2D eigenvalue weighted by Crippen LogP contribution is 2.34. The van der Waals surface area contributed by atoms with Gasteiger partial charge in [-0.2, -0.15) is 0 Å². The lowest BCUT2D eigenvalue weighted by Crippen LogP contribution is -2.35. The van der Waals surface area contributed by atoms with E-state index in [2.05, 4.69) is 6.07 Å². The normalized spacial score (nSPS) is 14.5. The van der Waals surface area contributed by atoms with Crippen LogP contribution in [0.4, 0.5) is 11.4 Å². The predicted molar refractivity (Wildman–Crippen MR) is 93.2 cm³/mol. The number of carbonyl (C=O) groups excluding carboxylic acids is 1. The third-order valence-corrected chi connectivity index (χ3v) is 4.55. The molecule has 0 aromatic heterocycles. The van der Waals surface area contributed by atoms with Crippen molar-refractivity contribution >= 4 is 17.3 Å². The summed E-state index contributed by atoms with van der Waals surface area (Å²) in [6, 6.07) is 14.3.